The van der Waals surface area contributed by atoms with Gasteiger partial charge in [0.25, 0.3) is 5.91 Å². The molecule has 2 unspecified atom stereocenters. The van der Waals surface area contributed by atoms with Gasteiger partial charge < -0.3 is 10.0 Å². The summed E-state index contributed by atoms with van der Waals surface area (Å²) >= 11 is 0. The highest BCUT2D eigenvalue weighted by atomic mass is 19.1. The summed E-state index contributed by atoms with van der Waals surface area (Å²) in [6.45, 7) is 3.87. The van der Waals surface area contributed by atoms with Crippen molar-refractivity contribution in [1.29, 1.82) is 0 Å². The van der Waals surface area contributed by atoms with E-state index in [1.165, 1.54) is 17.0 Å². The first-order valence-corrected chi connectivity index (χ1v) is 6.21. The molecular weight excluding hydrogens is 249 g/mol. The number of carboxylic acid groups (broad SMARTS) is 1. The van der Waals surface area contributed by atoms with Crippen LogP contribution in [0.5, 0.6) is 0 Å². The maximum atomic E-state index is 13.8. The van der Waals surface area contributed by atoms with Gasteiger partial charge in [0.1, 0.15) is 11.9 Å². The molecule has 1 heterocycles. The number of hydrogen-bond donors (Lipinski definition) is 1. The second kappa shape index (κ2) is 4.99. The molecule has 1 aliphatic rings. The third-order valence-electron chi connectivity index (χ3n) is 3.57. The van der Waals surface area contributed by atoms with E-state index >= 15 is 0 Å². The van der Waals surface area contributed by atoms with Crippen molar-refractivity contribution >= 4 is 11.9 Å². The van der Waals surface area contributed by atoms with Crippen molar-refractivity contribution in [3.05, 3.63) is 35.1 Å². The fraction of sp³-hybridized carbons (Fsp3) is 0.429. The van der Waals surface area contributed by atoms with Crippen LogP contribution in [-0.2, 0) is 4.79 Å². The van der Waals surface area contributed by atoms with Crippen LogP contribution in [0.4, 0.5) is 4.39 Å². The molecule has 2 rings (SSSR count). The van der Waals surface area contributed by atoms with Crippen LogP contribution in [0.3, 0.4) is 0 Å². The Bertz CT molecular complexity index is 529. The van der Waals surface area contributed by atoms with Gasteiger partial charge in [0, 0.05) is 6.54 Å². The van der Waals surface area contributed by atoms with Crippen molar-refractivity contribution in [1.82, 2.24) is 4.90 Å². The highest BCUT2D eigenvalue weighted by Gasteiger charge is 2.40. The Morgan fingerprint density at radius 1 is 1.42 bits per heavy atom. The van der Waals surface area contributed by atoms with E-state index in [4.69, 9.17) is 0 Å². The Labute approximate surface area is 110 Å². The minimum Gasteiger partial charge on any atom is -0.480 e. The standard InChI is InChI=1S/C14H16FNO3/c1-8-3-4-10(11(15)7-8)13(17)16-6-5-9(2)12(16)14(18)19/h3-4,7,9,12H,5-6H2,1-2H3,(H,18,19). The van der Waals surface area contributed by atoms with Crippen LogP contribution in [-0.4, -0.2) is 34.5 Å². The number of nitrogens with zero attached hydrogens (tertiary/aromatic N) is 1. The quantitative estimate of drug-likeness (QED) is 0.890. The Morgan fingerprint density at radius 2 is 2.11 bits per heavy atom. The molecule has 1 N–H and O–H groups in total. The van der Waals surface area contributed by atoms with Crippen molar-refractivity contribution in [3.63, 3.8) is 0 Å². The molecule has 102 valence electrons. The number of rotatable bonds is 2. The molecule has 1 aliphatic heterocycles. The van der Waals surface area contributed by atoms with Crippen molar-refractivity contribution in [2.45, 2.75) is 26.3 Å². The van der Waals surface area contributed by atoms with Gasteiger partial charge in [-0.05, 0) is 37.0 Å². The number of benzene rings is 1. The summed E-state index contributed by atoms with van der Waals surface area (Å²) in [5.74, 6) is -2.30. The average molecular weight is 265 g/mol. The molecule has 0 aliphatic carbocycles. The SMILES string of the molecule is Cc1ccc(C(=O)N2CCC(C)C2C(=O)O)c(F)c1. The monoisotopic (exact) mass is 265 g/mol. The molecule has 2 atom stereocenters. The molecule has 4 nitrogen and oxygen atoms in total. The minimum atomic E-state index is -1.04. The van der Waals surface area contributed by atoms with E-state index in [0.717, 1.165) is 5.56 Å². The summed E-state index contributed by atoms with van der Waals surface area (Å²) in [5.41, 5.74) is 0.657. The van der Waals surface area contributed by atoms with Crippen LogP contribution in [0.2, 0.25) is 0 Å². The van der Waals surface area contributed by atoms with Gasteiger partial charge in [-0.15, -0.1) is 0 Å². The van der Waals surface area contributed by atoms with Gasteiger partial charge in [-0.3, -0.25) is 4.79 Å². The van der Waals surface area contributed by atoms with E-state index < -0.39 is 23.7 Å². The lowest BCUT2D eigenvalue weighted by molar-refractivity contribution is -0.142. The van der Waals surface area contributed by atoms with Gasteiger partial charge in [0.05, 0.1) is 5.56 Å². The molecule has 0 bridgehead atoms. The van der Waals surface area contributed by atoms with E-state index in [9.17, 15) is 19.1 Å². The molecule has 1 amide bonds. The molecule has 5 heteroatoms. The summed E-state index contributed by atoms with van der Waals surface area (Å²) in [6, 6.07) is 3.47. The van der Waals surface area contributed by atoms with Crippen LogP contribution in [0.15, 0.2) is 18.2 Å². The van der Waals surface area contributed by atoms with Gasteiger partial charge in [-0.2, -0.15) is 0 Å². The van der Waals surface area contributed by atoms with Crippen molar-refractivity contribution in [2.24, 2.45) is 5.92 Å². The summed E-state index contributed by atoms with van der Waals surface area (Å²) in [6.07, 6.45) is 0.621. The van der Waals surface area contributed by atoms with Crippen LogP contribution in [0.25, 0.3) is 0 Å². The van der Waals surface area contributed by atoms with E-state index in [-0.39, 0.29) is 11.5 Å². The largest absolute Gasteiger partial charge is 0.480 e. The van der Waals surface area contributed by atoms with E-state index in [1.807, 2.05) is 0 Å². The lowest BCUT2D eigenvalue weighted by Crippen LogP contribution is -2.43. The predicted molar refractivity (Wildman–Crippen MR) is 67.4 cm³/mol. The van der Waals surface area contributed by atoms with Gasteiger partial charge in [0.2, 0.25) is 0 Å². The Balaban J connectivity index is 2.31. The number of aryl methyl sites for hydroxylation is 1. The zero-order valence-corrected chi connectivity index (χ0v) is 10.9. The second-order valence-corrected chi connectivity index (χ2v) is 5.03. The number of carboxylic acids is 1. The van der Waals surface area contributed by atoms with Gasteiger partial charge in [-0.1, -0.05) is 13.0 Å². The third kappa shape index (κ3) is 2.45. The van der Waals surface area contributed by atoms with Crippen LogP contribution in [0.1, 0.15) is 29.3 Å². The maximum Gasteiger partial charge on any atom is 0.326 e. The molecule has 1 aromatic carbocycles. The molecule has 1 fully saturated rings. The molecule has 19 heavy (non-hydrogen) atoms. The summed E-state index contributed by atoms with van der Waals surface area (Å²) in [5, 5.41) is 9.18. The zero-order chi connectivity index (χ0) is 14.2. The third-order valence-corrected chi connectivity index (χ3v) is 3.57. The summed E-state index contributed by atoms with van der Waals surface area (Å²) < 4.78 is 13.8. The van der Waals surface area contributed by atoms with Crippen LogP contribution < -0.4 is 0 Å². The minimum absolute atomic E-state index is 0.0639. The fourth-order valence-electron chi connectivity index (χ4n) is 2.50. The first-order valence-electron chi connectivity index (χ1n) is 6.21. The van der Waals surface area contributed by atoms with Gasteiger partial charge in [-0.25, -0.2) is 9.18 Å². The smallest absolute Gasteiger partial charge is 0.326 e. The molecule has 1 saturated heterocycles. The normalized spacial score (nSPS) is 22.6. The predicted octanol–water partition coefficient (Wildman–Crippen LogP) is 2.07. The summed E-state index contributed by atoms with van der Waals surface area (Å²) in [4.78, 5) is 24.7. The van der Waals surface area contributed by atoms with Gasteiger partial charge >= 0.3 is 5.97 Å². The fourth-order valence-corrected chi connectivity index (χ4v) is 2.50. The van der Waals surface area contributed by atoms with Gasteiger partial charge in [0.15, 0.2) is 0 Å². The number of likely N-dealkylation sites (tertiary alicyclic amines) is 1. The van der Waals surface area contributed by atoms with E-state index in [0.29, 0.717) is 13.0 Å². The lowest BCUT2D eigenvalue weighted by Gasteiger charge is -2.23. The molecule has 0 saturated carbocycles. The molecular formula is C14H16FNO3. The van der Waals surface area contributed by atoms with Crippen molar-refractivity contribution in [3.8, 4) is 0 Å². The Morgan fingerprint density at radius 3 is 2.68 bits per heavy atom. The highest BCUT2D eigenvalue weighted by molar-refractivity contribution is 5.97. The first kappa shape index (κ1) is 13.5. The van der Waals surface area contributed by atoms with Crippen molar-refractivity contribution < 1.29 is 19.1 Å². The van der Waals surface area contributed by atoms with E-state index in [2.05, 4.69) is 0 Å². The second-order valence-electron chi connectivity index (χ2n) is 5.03. The lowest BCUT2D eigenvalue weighted by atomic mass is 10.0. The molecule has 0 spiro atoms. The zero-order valence-electron chi connectivity index (χ0n) is 10.9. The van der Waals surface area contributed by atoms with Crippen LogP contribution >= 0.6 is 0 Å². The Kier molecular flexibility index (Phi) is 3.55. The number of amides is 1. The number of aliphatic carboxylic acids is 1. The first-order chi connectivity index (χ1) is 8.91. The van der Waals surface area contributed by atoms with E-state index in [1.54, 1.807) is 19.9 Å². The number of carbonyl (C=O) groups excluding carboxylic acids is 1. The van der Waals surface area contributed by atoms with Crippen molar-refractivity contribution in [2.75, 3.05) is 6.54 Å². The number of hydrogen-bond acceptors (Lipinski definition) is 2. The van der Waals surface area contributed by atoms with Crippen LogP contribution in [0, 0.1) is 18.7 Å². The topological polar surface area (TPSA) is 57.6 Å². The molecule has 0 aromatic heterocycles. The summed E-state index contributed by atoms with van der Waals surface area (Å²) in [7, 11) is 0. The Hall–Kier alpha value is -1.91. The average Bonchev–Trinajstić information content (AvgIpc) is 2.70. The highest BCUT2D eigenvalue weighted by Crippen LogP contribution is 2.26. The molecule has 0 radical (unpaired) electrons. The maximum absolute atomic E-state index is 13.8. The number of carbonyl (C=O) groups is 2. The molecule has 1 aromatic rings. The number of halogens is 1.